The van der Waals surface area contributed by atoms with Gasteiger partial charge in [-0.05, 0) is 29.8 Å². The van der Waals surface area contributed by atoms with Gasteiger partial charge >= 0.3 is 6.03 Å². The molecule has 1 heterocycles. The van der Waals surface area contributed by atoms with Crippen molar-refractivity contribution in [3.8, 4) is 5.75 Å². The van der Waals surface area contributed by atoms with Crippen LogP contribution in [0.25, 0.3) is 6.08 Å². The molecular formula is C17H13FN2O3. The highest BCUT2D eigenvalue weighted by Crippen LogP contribution is 2.17. The highest BCUT2D eigenvalue weighted by Gasteiger charge is 2.22. The van der Waals surface area contributed by atoms with E-state index in [4.69, 9.17) is 4.74 Å². The van der Waals surface area contributed by atoms with Crippen molar-refractivity contribution in [2.24, 2.45) is 0 Å². The van der Waals surface area contributed by atoms with Crippen molar-refractivity contribution in [3.63, 3.8) is 0 Å². The molecule has 0 radical (unpaired) electrons. The molecule has 0 atom stereocenters. The second-order valence-electron chi connectivity index (χ2n) is 4.92. The van der Waals surface area contributed by atoms with Crippen LogP contribution in [0.5, 0.6) is 5.75 Å². The van der Waals surface area contributed by atoms with Crippen molar-refractivity contribution in [2.75, 3.05) is 0 Å². The first-order chi connectivity index (χ1) is 11.1. The van der Waals surface area contributed by atoms with Gasteiger partial charge in [0.1, 0.15) is 23.9 Å². The van der Waals surface area contributed by atoms with E-state index in [0.29, 0.717) is 11.3 Å². The smallest absolute Gasteiger partial charge is 0.326 e. The average molecular weight is 312 g/mol. The van der Waals surface area contributed by atoms with E-state index in [0.717, 1.165) is 5.56 Å². The Labute approximate surface area is 131 Å². The van der Waals surface area contributed by atoms with E-state index in [1.54, 1.807) is 48.5 Å². The van der Waals surface area contributed by atoms with E-state index < -0.39 is 11.9 Å². The van der Waals surface area contributed by atoms with Crippen LogP contribution in [-0.2, 0) is 11.4 Å². The number of amides is 3. The number of ether oxygens (including phenoxy) is 1. The topological polar surface area (TPSA) is 67.4 Å². The van der Waals surface area contributed by atoms with Crippen LogP contribution in [0.4, 0.5) is 9.18 Å². The molecule has 0 bridgehead atoms. The van der Waals surface area contributed by atoms with Crippen LogP contribution in [0, 0.1) is 5.82 Å². The van der Waals surface area contributed by atoms with Gasteiger partial charge in [-0.1, -0.05) is 30.3 Å². The quantitative estimate of drug-likeness (QED) is 0.673. The molecule has 116 valence electrons. The Balaban J connectivity index is 1.66. The summed E-state index contributed by atoms with van der Waals surface area (Å²) in [6.07, 6.45) is 1.56. The van der Waals surface area contributed by atoms with E-state index in [-0.39, 0.29) is 18.1 Å². The van der Waals surface area contributed by atoms with E-state index in [9.17, 15) is 14.0 Å². The zero-order valence-electron chi connectivity index (χ0n) is 12.0. The van der Waals surface area contributed by atoms with Crippen LogP contribution in [0.2, 0.25) is 0 Å². The molecule has 0 saturated carbocycles. The van der Waals surface area contributed by atoms with Crippen molar-refractivity contribution >= 4 is 18.0 Å². The lowest BCUT2D eigenvalue weighted by Gasteiger charge is -2.07. The minimum atomic E-state index is -0.536. The van der Waals surface area contributed by atoms with Crippen molar-refractivity contribution in [3.05, 3.63) is 71.2 Å². The number of halogens is 1. The maximum absolute atomic E-state index is 13.5. The summed E-state index contributed by atoms with van der Waals surface area (Å²) in [4.78, 5) is 22.4. The Bertz CT molecular complexity index is 785. The number of benzene rings is 2. The monoisotopic (exact) mass is 312 g/mol. The largest absolute Gasteiger partial charge is 0.489 e. The van der Waals surface area contributed by atoms with Gasteiger partial charge in [-0.3, -0.25) is 10.1 Å². The summed E-state index contributed by atoms with van der Waals surface area (Å²) >= 11 is 0. The Morgan fingerprint density at radius 3 is 2.39 bits per heavy atom. The fourth-order valence-electron chi connectivity index (χ4n) is 2.09. The summed E-state index contributed by atoms with van der Waals surface area (Å²) in [5.74, 6) is -0.193. The molecular weight excluding hydrogens is 299 g/mol. The van der Waals surface area contributed by atoms with Gasteiger partial charge in [0.2, 0.25) is 0 Å². The molecule has 3 rings (SSSR count). The van der Waals surface area contributed by atoms with Crippen LogP contribution in [0.15, 0.2) is 54.2 Å². The molecule has 0 unspecified atom stereocenters. The summed E-state index contributed by atoms with van der Waals surface area (Å²) in [6, 6.07) is 12.8. The van der Waals surface area contributed by atoms with Gasteiger partial charge in [0.15, 0.2) is 0 Å². The molecule has 1 aliphatic heterocycles. The molecule has 23 heavy (non-hydrogen) atoms. The Hall–Kier alpha value is -3.15. The van der Waals surface area contributed by atoms with Crippen molar-refractivity contribution < 1.29 is 18.7 Å². The highest BCUT2D eigenvalue weighted by molar-refractivity contribution is 6.13. The average Bonchev–Trinajstić information content (AvgIpc) is 2.85. The second kappa shape index (κ2) is 6.31. The number of hydrogen-bond donors (Lipinski definition) is 2. The standard InChI is InChI=1S/C17H13FN2O3/c18-14-4-2-1-3-12(14)10-23-13-7-5-11(6-8-13)9-15-16(21)20-17(22)19-15/h1-9H,10H2,(H2,19,20,21,22)/b15-9-. The van der Waals surface area contributed by atoms with Gasteiger partial charge in [-0.15, -0.1) is 0 Å². The van der Waals surface area contributed by atoms with E-state index >= 15 is 0 Å². The first-order valence-electron chi connectivity index (χ1n) is 6.92. The van der Waals surface area contributed by atoms with Gasteiger partial charge < -0.3 is 10.1 Å². The number of hydrogen-bond acceptors (Lipinski definition) is 3. The zero-order chi connectivity index (χ0) is 16.2. The van der Waals surface area contributed by atoms with Crippen LogP contribution in [-0.4, -0.2) is 11.9 Å². The molecule has 0 aliphatic carbocycles. The van der Waals surface area contributed by atoms with Crippen LogP contribution in [0.1, 0.15) is 11.1 Å². The van der Waals surface area contributed by atoms with E-state index in [1.807, 2.05) is 0 Å². The molecule has 3 amide bonds. The number of carbonyl (C=O) groups excluding carboxylic acids is 2. The minimum absolute atomic E-state index is 0.131. The number of urea groups is 1. The number of nitrogens with one attached hydrogen (secondary N) is 2. The first-order valence-corrected chi connectivity index (χ1v) is 6.92. The molecule has 2 aromatic rings. The Morgan fingerprint density at radius 2 is 1.74 bits per heavy atom. The van der Waals surface area contributed by atoms with E-state index in [1.165, 1.54) is 6.07 Å². The third-order valence-corrected chi connectivity index (χ3v) is 3.26. The van der Waals surface area contributed by atoms with Crippen molar-refractivity contribution in [1.82, 2.24) is 10.6 Å². The fraction of sp³-hybridized carbons (Fsp3) is 0.0588. The molecule has 0 aromatic heterocycles. The lowest BCUT2D eigenvalue weighted by Crippen LogP contribution is -2.22. The molecule has 5 nitrogen and oxygen atoms in total. The van der Waals surface area contributed by atoms with Gasteiger partial charge in [-0.2, -0.15) is 0 Å². The van der Waals surface area contributed by atoms with Gasteiger partial charge in [0, 0.05) is 5.56 Å². The van der Waals surface area contributed by atoms with E-state index in [2.05, 4.69) is 10.6 Å². The molecule has 2 aromatic carbocycles. The lowest BCUT2D eigenvalue weighted by atomic mass is 10.2. The third-order valence-electron chi connectivity index (χ3n) is 3.26. The summed E-state index contributed by atoms with van der Waals surface area (Å²) < 4.78 is 19.0. The molecule has 6 heteroatoms. The van der Waals surface area contributed by atoms with Crippen LogP contribution in [0.3, 0.4) is 0 Å². The summed E-state index contributed by atoms with van der Waals surface area (Å²) in [5.41, 5.74) is 1.40. The fourth-order valence-corrected chi connectivity index (χ4v) is 2.09. The molecule has 1 saturated heterocycles. The maximum Gasteiger partial charge on any atom is 0.326 e. The van der Waals surface area contributed by atoms with Crippen molar-refractivity contribution in [1.29, 1.82) is 0 Å². The second-order valence-corrected chi connectivity index (χ2v) is 4.92. The van der Waals surface area contributed by atoms with Gasteiger partial charge in [0.25, 0.3) is 5.91 Å². The summed E-state index contributed by atoms with van der Waals surface area (Å²) in [6.45, 7) is 0.131. The minimum Gasteiger partial charge on any atom is -0.489 e. The first kappa shape index (κ1) is 14.8. The SMILES string of the molecule is O=C1NC(=O)/C(=C/c2ccc(OCc3ccccc3F)cc2)N1. The predicted molar refractivity (Wildman–Crippen MR) is 81.8 cm³/mol. The van der Waals surface area contributed by atoms with Crippen LogP contribution < -0.4 is 15.4 Å². The normalized spacial score (nSPS) is 15.4. The number of carbonyl (C=O) groups is 2. The third kappa shape index (κ3) is 3.55. The Kier molecular flexibility index (Phi) is 4.05. The molecule has 0 spiro atoms. The summed E-state index contributed by atoms with van der Waals surface area (Å²) in [7, 11) is 0. The molecule has 1 aliphatic rings. The van der Waals surface area contributed by atoms with Gasteiger partial charge in [-0.25, -0.2) is 9.18 Å². The zero-order valence-corrected chi connectivity index (χ0v) is 12.0. The Morgan fingerprint density at radius 1 is 1.00 bits per heavy atom. The molecule has 1 fully saturated rings. The predicted octanol–water partition coefficient (Wildman–Crippen LogP) is 2.58. The van der Waals surface area contributed by atoms with Crippen molar-refractivity contribution in [2.45, 2.75) is 6.61 Å². The van der Waals surface area contributed by atoms with Crippen LogP contribution >= 0.6 is 0 Å². The van der Waals surface area contributed by atoms with Gasteiger partial charge in [0.05, 0.1) is 0 Å². The number of imide groups is 1. The molecule has 2 N–H and O–H groups in total. The lowest BCUT2D eigenvalue weighted by molar-refractivity contribution is -0.115. The highest BCUT2D eigenvalue weighted by atomic mass is 19.1. The maximum atomic E-state index is 13.5. The number of rotatable bonds is 4. The summed E-state index contributed by atoms with van der Waals surface area (Å²) in [5, 5.41) is 4.53.